The molecule has 0 saturated heterocycles. The molecule has 0 saturated carbocycles. The first-order valence-electron chi connectivity index (χ1n) is 5.03. The van der Waals surface area contributed by atoms with Crippen molar-refractivity contribution in [1.82, 2.24) is 10.3 Å². The average Bonchev–Trinajstić information content (AvgIpc) is 2.46. The number of nitrogens with zero attached hydrogens (tertiary/aromatic N) is 1. The second-order valence-electron chi connectivity index (χ2n) is 3.39. The summed E-state index contributed by atoms with van der Waals surface area (Å²) in [5, 5.41) is 3.89. The summed E-state index contributed by atoms with van der Waals surface area (Å²) in [5.74, 6) is 0.0162. The third-order valence-electron chi connectivity index (χ3n) is 2.11. The standard InChI is InChI=1S/C10H17N3OS.2ClH/c1-7-8(2)15-10(13-7)4-6-12-9(14)3-5-11;;/h3-6,11H2,1-2H3,(H,12,14);2*1H. The van der Waals surface area contributed by atoms with E-state index in [9.17, 15) is 4.79 Å². The summed E-state index contributed by atoms with van der Waals surface area (Å²) < 4.78 is 0. The number of carbonyl (C=O) groups is 1. The highest BCUT2D eigenvalue weighted by atomic mass is 35.5. The normalized spacial score (nSPS) is 9.12. The van der Waals surface area contributed by atoms with Gasteiger partial charge in [-0.05, 0) is 13.8 Å². The van der Waals surface area contributed by atoms with Crippen LogP contribution in [0.1, 0.15) is 22.0 Å². The lowest BCUT2D eigenvalue weighted by Crippen LogP contribution is -2.27. The van der Waals surface area contributed by atoms with Crippen LogP contribution in [0, 0.1) is 13.8 Å². The summed E-state index contributed by atoms with van der Waals surface area (Å²) in [7, 11) is 0. The van der Waals surface area contributed by atoms with Gasteiger partial charge in [0.1, 0.15) is 0 Å². The Balaban J connectivity index is 0. The van der Waals surface area contributed by atoms with Gasteiger partial charge >= 0.3 is 0 Å². The van der Waals surface area contributed by atoms with Crippen molar-refractivity contribution < 1.29 is 4.79 Å². The maximum atomic E-state index is 11.1. The Morgan fingerprint density at radius 2 is 2.06 bits per heavy atom. The van der Waals surface area contributed by atoms with Gasteiger partial charge in [0.2, 0.25) is 5.91 Å². The van der Waals surface area contributed by atoms with Gasteiger partial charge in [-0.1, -0.05) is 0 Å². The number of nitrogens with two attached hydrogens (primary N) is 1. The van der Waals surface area contributed by atoms with Crippen molar-refractivity contribution in [2.45, 2.75) is 26.7 Å². The van der Waals surface area contributed by atoms with Gasteiger partial charge in [-0.3, -0.25) is 4.79 Å². The number of aromatic nitrogens is 1. The van der Waals surface area contributed by atoms with Crippen LogP contribution >= 0.6 is 36.2 Å². The number of aryl methyl sites for hydroxylation is 2. The monoisotopic (exact) mass is 299 g/mol. The van der Waals surface area contributed by atoms with Crippen molar-refractivity contribution in [2.75, 3.05) is 13.1 Å². The van der Waals surface area contributed by atoms with E-state index < -0.39 is 0 Å². The van der Waals surface area contributed by atoms with E-state index in [-0.39, 0.29) is 30.7 Å². The molecule has 3 N–H and O–H groups in total. The van der Waals surface area contributed by atoms with Gasteiger partial charge in [-0.25, -0.2) is 4.98 Å². The van der Waals surface area contributed by atoms with Gasteiger partial charge in [0, 0.05) is 30.8 Å². The summed E-state index contributed by atoms with van der Waals surface area (Å²) in [6.07, 6.45) is 1.20. The molecule has 0 aromatic carbocycles. The molecule has 4 nitrogen and oxygen atoms in total. The highest BCUT2D eigenvalue weighted by molar-refractivity contribution is 7.11. The van der Waals surface area contributed by atoms with E-state index in [1.54, 1.807) is 11.3 Å². The summed E-state index contributed by atoms with van der Waals surface area (Å²) in [6, 6.07) is 0. The van der Waals surface area contributed by atoms with E-state index in [2.05, 4.69) is 17.2 Å². The molecule has 7 heteroatoms. The molecule has 100 valence electrons. The fourth-order valence-electron chi connectivity index (χ4n) is 1.17. The molecule has 17 heavy (non-hydrogen) atoms. The lowest BCUT2D eigenvalue weighted by Gasteiger charge is -2.01. The fourth-order valence-corrected chi connectivity index (χ4v) is 2.11. The maximum Gasteiger partial charge on any atom is 0.221 e. The van der Waals surface area contributed by atoms with E-state index in [4.69, 9.17) is 5.73 Å². The van der Waals surface area contributed by atoms with Crippen molar-refractivity contribution >= 4 is 42.1 Å². The molecule has 0 bridgehead atoms. The number of nitrogens with one attached hydrogen (secondary N) is 1. The zero-order valence-electron chi connectivity index (χ0n) is 9.99. The van der Waals surface area contributed by atoms with Gasteiger partial charge in [-0.15, -0.1) is 36.2 Å². The third kappa shape index (κ3) is 6.83. The number of hydrogen-bond donors (Lipinski definition) is 2. The van der Waals surface area contributed by atoms with E-state index >= 15 is 0 Å². The van der Waals surface area contributed by atoms with Crippen LogP contribution < -0.4 is 11.1 Å². The predicted octanol–water partition coefficient (Wildman–Crippen LogP) is 1.61. The molecular formula is C10H19Cl2N3OS. The first-order valence-corrected chi connectivity index (χ1v) is 5.84. The smallest absolute Gasteiger partial charge is 0.221 e. The second kappa shape index (κ2) is 9.65. The van der Waals surface area contributed by atoms with Crippen LogP contribution in [0.2, 0.25) is 0 Å². The summed E-state index contributed by atoms with van der Waals surface area (Å²) >= 11 is 1.69. The minimum Gasteiger partial charge on any atom is -0.356 e. The lowest BCUT2D eigenvalue weighted by molar-refractivity contribution is -0.120. The SMILES string of the molecule is Cc1nc(CCNC(=O)CCN)sc1C.Cl.Cl. The molecule has 1 heterocycles. The Bertz CT molecular complexity index is 325. The van der Waals surface area contributed by atoms with Crippen LogP contribution in [-0.4, -0.2) is 24.0 Å². The van der Waals surface area contributed by atoms with E-state index in [0.29, 0.717) is 19.5 Å². The van der Waals surface area contributed by atoms with E-state index in [0.717, 1.165) is 17.1 Å². The zero-order valence-corrected chi connectivity index (χ0v) is 12.4. The summed E-state index contributed by atoms with van der Waals surface area (Å²) in [6.45, 7) is 5.11. The molecule has 0 aliphatic rings. The number of hydrogen-bond acceptors (Lipinski definition) is 4. The predicted molar refractivity (Wildman–Crippen MR) is 76.5 cm³/mol. The zero-order chi connectivity index (χ0) is 11.3. The Morgan fingerprint density at radius 1 is 1.41 bits per heavy atom. The molecule has 1 aromatic rings. The van der Waals surface area contributed by atoms with Gasteiger partial charge in [-0.2, -0.15) is 0 Å². The molecule has 0 unspecified atom stereocenters. The molecule has 0 fully saturated rings. The maximum absolute atomic E-state index is 11.1. The van der Waals surface area contributed by atoms with Crippen LogP contribution in [0.4, 0.5) is 0 Å². The first kappa shape index (κ1) is 19.0. The molecule has 1 amide bonds. The first-order chi connectivity index (χ1) is 7.13. The fraction of sp³-hybridized carbons (Fsp3) is 0.600. The molecule has 0 aliphatic heterocycles. The van der Waals surface area contributed by atoms with Crippen molar-refractivity contribution in [3.05, 3.63) is 15.6 Å². The van der Waals surface area contributed by atoms with Gasteiger partial charge in [0.25, 0.3) is 0 Å². The van der Waals surface area contributed by atoms with Gasteiger partial charge in [0.05, 0.1) is 10.7 Å². The molecule has 1 rings (SSSR count). The highest BCUT2D eigenvalue weighted by Crippen LogP contribution is 2.16. The Morgan fingerprint density at radius 3 is 2.53 bits per heavy atom. The average molecular weight is 300 g/mol. The van der Waals surface area contributed by atoms with Crippen molar-refractivity contribution in [2.24, 2.45) is 5.73 Å². The third-order valence-corrected chi connectivity index (χ3v) is 3.24. The minimum atomic E-state index is 0. The number of halogens is 2. The molecule has 0 radical (unpaired) electrons. The Kier molecular flexibility index (Phi) is 10.8. The highest BCUT2D eigenvalue weighted by Gasteiger charge is 2.04. The van der Waals surface area contributed by atoms with Crippen LogP contribution in [0.25, 0.3) is 0 Å². The van der Waals surface area contributed by atoms with Crippen molar-refractivity contribution in [1.29, 1.82) is 0 Å². The van der Waals surface area contributed by atoms with E-state index in [1.165, 1.54) is 4.88 Å². The Hall–Kier alpha value is -0.360. The van der Waals surface area contributed by atoms with Crippen molar-refractivity contribution in [3.8, 4) is 0 Å². The number of amides is 1. The Labute approximate surface area is 118 Å². The molecule has 1 aromatic heterocycles. The number of rotatable bonds is 5. The lowest BCUT2D eigenvalue weighted by atomic mass is 10.3. The molecule has 0 spiro atoms. The molecular weight excluding hydrogens is 281 g/mol. The van der Waals surface area contributed by atoms with Crippen LogP contribution in [0.3, 0.4) is 0 Å². The quantitative estimate of drug-likeness (QED) is 0.868. The van der Waals surface area contributed by atoms with Gasteiger partial charge < -0.3 is 11.1 Å². The largest absolute Gasteiger partial charge is 0.356 e. The van der Waals surface area contributed by atoms with Gasteiger partial charge in [0.15, 0.2) is 0 Å². The van der Waals surface area contributed by atoms with Crippen LogP contribution in [0.5, 0.6) is 0 Å². The van der Waals surface area contributed by atoms with E-state index in [1.807, 2.05) is 6.92 Å². The summed E-state index contributed by atoms with van der Waals surface area (Å²) in [4.78, 5) is 16.7. The molecule has 0 aliphatic carbocycles. The van der Waals surface area contributed by atoms with Crippen molar-refractivity contribution in [3.63, 3.8) is 0 Å². The van der Waals surface area contributed by atoms with Crippen LogP contribution in [0.15, 0.2) is 0 Å². The number of thiazole rings is 1. The number of carbonyl (C=O) groups excluding carboxylic acids is 1. The second-order valence-corrected chi connectivity index (χ2v) is 4.68. The topological polar surface area (TPSA) is 68.0 Å². The summed E-state index contributed by atoms with van der Waals surface area (Å²) in [5.41, 5.74) is 6.35. The molecule has 0 atom stereocenters. The van der Waals surface area contributed by atoms with Crippen LogP contribution in [-0.2, 0) is 11.2 Å². The minimum absolute atomic E-state index is 0.